The number of alkyl halides is 17. The molecule has 2 saturated carbocycles. The molecule has 2 aliphatic carbocycles. The Morgan fingerprint density at radius 3 is 1.14 bits per heavy atom. The van der Waals surface area contributed by atoms with Gasteiger partial charge in [-0.3, -0.25) is 0 Å². The van der Waals surface area contributed by atoms with E-state index in [-0.39, 0.29) is 37.5 Å². The van der Waals surface area contributed by atoms with E-state index < -0.39 is 87.9 Å². The van der Waals surface area contributed by atoms with Gasteiger partial charge >= 0.3 is 47.6 Å². The Hall–Kier alpha value is -2.25. The number of rotatable bonds is 11. The van der Waals surface area contributed by atoms with Gasteiger partial charge in [0.05, 0.1) is 0 Å². The average Bonchev–Trinajstić information content (AvgIpc) is 3.00. The second-order valence-electron chi connectivity index (χ2n) is 12.7. The zero-order valence-electron chi connectivity index (χ0n) is 25.3. The first-order valence-electron chi connectivity index (χ1n) is 15.0. The SMILES string of the molecule is CCCC1CCC(C2CCC(c3c(F)c(F)c(C(F)(F)C(F)(F)C(F)(F)C(F)(F)C(F)(F)C(F)(F)C(F)(F)C(F)(F)F)c(F)c3F)CC2)CC1. The van der Waals surface area contributed by atoms with Gasteiger partial charge in [0.2, 0.25) is 0 Å². The standard InChI is InChI=1S/C29H27F21/c1-2-3-12-4-6-13(7-5-12)14-8-10-15(11-9-14)16-18(30)20(32)17(21(33)19(16)31)22(34,35)23(36,37)24(38,39)25(40,41)26(42,43)27(44,45)28(46,47)29(48,49)50/h12-15H,2-11H2,1H3. The van der Waals surface area contributed by atoms with Crippen molar-refractivity contribution in [3.05, 3.63) is 34.4 Å². The molecule has 1 aromatic rings. The quantitative estimate of drug-likeness (QED) is 0.155. The lowest BCUT2D eigenvalue weighted by atomic mass is 9.68. The van der Waals surface area contributed by atoms with Crippen LogP contribution < -0.4 is 0 Å². The summed E-state index contributed by atoms with van der Waals surface area (Å²) in [6, 6.07) is 0. The summed E-state index contributed by atoms with van der Waals surface area (Å²) in [5.41, 5.74) is -5.81. The van der Waals surface area contributed by atoms with Crippen molar-refractivity contribution in [1.29, 1.82) is 0 Å². The highest BCUT2D eigenvalue weighted by Crippen LogP contribution is 2.65. The minimum absolute atomic E-state index is 0.0533. The number of hydrogen-bond acceptors (Lipinski definition) is 0. The van der Waals surface area contributed by atoms with Gasteiger partial charge in [-0.05, 0) is 62.2 Å². The molecule has 2 aliphatic rings. The Morgan fingerprint density at radius 2 is 0.780 bits per heavy atom. The summed E-state index contributed by atoms with van der Waals surface area (Å²) < 4.78 is 291. The van der Waals surface area contributed by atoms with E-state index in [4.69, 9.17) is 0 Å². The summed E-state index contributed by atoms with van der Waals surface area (Å²) in [7, 11) is 0. The van der Waals surface area contributed by atoms with Crippen LogP contribution >= 0.6 is 0 Å². The van der Waals surface area contributed by atoms with Crippen molar-refractivity contribution in [3.63, 3.8) is 0 Å². The minimum Gasteiger partial charge on any atom is -0.203 e. The largest absolute Gasteiger partial charge is 0.460 e. The van der Waals surface area contributed by atoms with Crippen LogP contribution in [0.3, 0.4) is 0 Å². The number of halogens is 21. The van der Waals surface area contributed by atoms with E-state index >= 15 is 0 Å². The summed E-state index contributed by atoms with van der Waals surface area (Å²) in [5, 5.41) is 0. The van der Waals surface area contributed by atoms with E-state index in [2.05, 4.69) is 0 Å². The van der Waals surface area contributed by atoms with Crippen molar-refractivity contribution in [2.75, 3.05) is 0 Å². The molecule has 0 radical (unpaired) electrons. The third kappa shape index (κ3) is 6.18. The molecule has 3 rings (SSSR count). The van der Waals surface area contributed by atoms with Crippen molar-refractivity contribution in [1.82, 2.24) is 0 Å². The zero-order chi connectivity index (χ0) is 38.8. The smallest absolute Gasteiger partial charge is 0.203 e. The number of benzene rings is 1. The van der Waals surface area contributed by atoms with Crippen LogP contribution in [0.25, 0.3) is 0 Å². The van der Waals surface area contributed by atoms with Gasteiger partial charge in [-0.1, -0.05) is 32.6 Å². The highest BCUT2D eigenvalue weighted by atomic mass is 19.4. The molecule has 290 valence electrons. The van der Waals surface area contributed by atoms with Crippen LogP contribution in [-0.4, -0.2) is 41.7 Å². The van der Waals surface area contributed by atoms with Crippen LogP contribution in [0, 0.1) is 41.0 Å². The first-order chi connectivity index (χ1) is 22.4. The Bertz CT molecular complexity index is 1330. The topological polar surface area (TPSA) is 0 Å². The molecule has 0 spiro atoms. The maximum absolute atomic E-state index is 15.0. The molecule has 0 heterocycles. The van der Waals surface area contributed by atoms with Gasteiger partial charge in [0.25, 0.3) is 0 Å². The van der Waals surface area contributed by atoms with Gasteiger partial charge in [-0.15, -0.1) is 0 Å². The van der Waals surface area contributed by atoms with Gasteiger partial charge in [0, 0.05) is 5.56 Å². The van der Waals surface area contributed by atoms with Crippen LogP contribution in [-0.2, 0) is 5.92 Å². The molecule has 21 heteroatoms. The van der Waals surface area contributed by atoms with Crippen molar-refractivity contribution in [2.24, 2.45) is 17.8 Å². The lowest BCUT2D eigenvalue weighted by molar-refractivity contribution is -0.463. The molecule has 0 unspecified atom stereocenters. The lowest BCUT2D eigenvalue weighted by Crippen LogP contribution is -2.74. The van der Waals surface area contributed by atoms with E-state index in [1.54, 1.807) is 0 Å². The van der Waals surface area contributed by atoms with Crippen LogP contribution in [0.4, 0.5) is 92.2 Å². The predicted molar refractivity (Wildman–Crippen MR) is 131 cm³/mol. The molecule has 0 aromatic heterocycles. The van der Waals surface area contributed by atoms with Gasteiger partial charge in [0.15, 0.2) is 23.3 Å². The summed E-state index contributed by atoms with van der Waals surface area (Å²) >= 11 is 0. The molecule has 50 heavy (non-hydrogen) atoms. The van der Waals surface area contributed by atoms with E-state index in [1.807, 2.05) is 6.92 Å². The normalized spacial score (nSPS) is 24.1. The van der Waals surface area contributed by atoms with Crippen LogP contribution in [0.15, 0.2) is 0 Å². The molecule has 0 aliphatic heterocycles. The Morgan fingerprint density at radius 1 is 0.440 bits per heavy atom. The Kier molecular flexibility index (Phi) is 11.2. The van der Waals surface area contributed by atoms with Crippen LogP contribution in [0.5, 0.6) is 0 Å². The molecule has 1 aromatic carbocycles. The molecule has 0 saturated heterocycles. The van der Waals surface area contributed by atoms with E-state index in [0.717, 1.165) is 38.5 Å². The van der Waals surface area contributed by atoms with Crippen molar-refractivity contribution in [2.45, 2.75) is 125 Å². The second kappa shape index (κ2) is 13.3. The summed E-state index contributed by atoms with van der Waals surface area (Å²) in [6.45, 7) is 2.01. The molecule has 0 N–H and O–H groups in total. The fourth-order valence-corrected chi connectivity index (χ4v) is 6.84. The summed E-state index contributed by atoms with van der Waals surface area (Å²) in [4.78, 5) is 0. The third-order valence-electron chi connectivity index (χ3n) is 9.77. The first-order valence-corrected chi connectivity index (χ1v) is 15.0. The minimum atomic E-state index is -9.02. The van der Waals surface area contributed by atoms with Gasteiger partial charge < -0.3 is 0 Å². The zero-order valence-corrected chi connectivity index (χ0v) is 25.3. The van der Waals surface area contributed by atoms with Crippen molar-refractivity contribution < 1.29 is 92.2 Å². The molecule has 0 amide bonds. The summed E-state index contributed by atoms with van der Waals surface area (Å²) in [5.74, 6) is -74.5. The van der Waals surface area contributed by atoms with E-state index in [0.29, 0.717) is 5.92 Å². The molecular formula is C29H27F21. The third-order valence-corrected chi connectivity index (χ3v) is 9.77. The lowest BCUT2D eigenvalue weighted by Gasteiger charge is -2.43. The van der Waals surface area contributed by atoms with Gasteiger partial charge in [0.1, 0.15) is 5.56 Å². The second-order valence-corrected chi connectivity index (χ2v) is 12.7. The Balaban J connectivity index is 1.99. The van der Waals surface area contributed by atoms with Gasteiger partial charge in [-0.2, -0.15) is 74.6 Å². The highest BCUT2D eigenvalue weighted by Gasteiger charge is 2.95. The fourth-order valence-electron chi connectivity index (χ4n) is 6.84. The van der Waals surface area contributed by atoms with E-state index in [1.165, 1.54) is 0 Å². The van der Waals surface area contributed by atoms with Crippen molar-refractivity contribution >= 4 is 0 Å². The monoisotopic (exact) mass is 774 g/mol. The van der Waals surface area contributed by atoms with Gasteiger partial charge in [-0.25, -0.2) is 17.6 Å². The van der Waals surface area contributed by atoms with Crippen molar-refractivity contribution in [3.8, 4) is 0 Å². The van der Waals surface area contributed by atoms with E-state index in [9.17, 15) is 92.2 Å². The molecule has 0 atom stereocenters. The molecule has 0 nitrogen and oxygen atoms in total. The summed E-state index contributed by atoms with van der Waals surface area (Å²) in [6.07, 6.45) is -2.84. The van der Waals surface area contributed by atoms with Crippen LogP contribution in [0.2, 0.25) is 0 Å². The maximum atomic E-state index is 15.0. The highest BCUT2D eigenvalue weighted by molar-refractivity contribution is 5.37. The fraction of sp³-hybridized carbons (Fsp3) is 0.793. The number of hydrogen-bond donors (Lipinski definition) is 0. The molecule has 0 bridgehead atoms. The van der Waals surface area contributed by atoms with Crippen LogP contribution in [0.1, 0.15) is 88.2 Å². The average molecular weight is 774 g/mol. The molecule has 2 fully saturated rings. The molecular weight excluding hydrogens is 747 g/mol. The first kappa shape index (κ1) is 42.2. The predicted octanol–water partition coefficient (Wildman–Crippen LogP) is 12.6. The Labute approximate surface area is 269 Å². The maximum Gasteiger partial charge on any atom is 0.460 e.